The zero-order valence-corrected chi connectivity index (χ0v) is 15.9. The van der Waals surface area contributed by atoms with Crippen molar-refractivity contribution in [3.05, 3.63) is 91.7 Å². The molecule has 2 N–H and O–H groups in total. The molecule has 0 aliphatic carbocycles. The van der Waals surface area contributed by atoms with Crippen LogP contribution in [0.25, 0.3) is 0 Å². The first-order chi connectivity index (χ1) is 12.0. The molecule has 0 amide bonds. The first-order valence-corrected chi connectivity index (χ1v) is 9.21. The van der Waals surface area contributed by atoms with Crippen molar-refractivity contribution in [3.63, 3.8) is 0 Å². The van der Waals surface area contributed by atoms with Crippen LogP contribution in [0.15, 0.2) is 80.9 Å². The standard InChI is InChI=1S/C17H14Cl3N2O2S/c18-14(16(19)20)15(22(23)24)17(21-13-9-5-2-6-10-13)25-11-12-7-3-1-4-8-12/h1-10,21,23H,11H2/q-1/b17-15+. The summed E-state index contributed by atoms with van der Waals surface area (Å²) < 4.78 is -0.320. The Morgan fingerprint density at radius 1 is 1.00 bits per heavy atom. The highest BCUT2D eigenvalue weighted by atomic mass is 35.5. The van der Waals surface area contributed by atoms with Gasteiger partial charge in [0.15, 0.2) is 0 Å². The molecule has 0 saturated heterocycles. The second-order valence-electron chi connectivity index (χ2n) is 4.79. The number of para-hydroxylation sites is 1. The lowest BCUT2D eigenvalue weighted by atomic mass is 10.2. The smallest absolute Gasteiger partial charge is 0.127 e. The van der Waals surface area contributed by atoms with E-state index in [0.29, 0.717) is 16.5 Å². The number of hydroxylamine groups is 2. The van der Waals surface area contributed by atoms with Crippen LogP contribution in [0.5, 0.6) is 0 Å². The van der Waals surface area contributed by atoms with E-state index in [9.17, 15) is 10.4 Å². The molecule has 4 nitrogen and oxygen atoms in total. The van der Waals surface area contributed by atoms with Crippen molar-refractivity contribution in [3.8, 4) is 0 Å². The minimum atomic E-state index is -0.351. The van der Waals surface area contributed by atoms with Gasteiger partial charge in [-0.2, -0.15) is 0 Å². The summed E-state index contributed by atoms with van der Waals surface area (Å²) in [5.41, 5.74) is 1.49. The summed E-state index contributed by atoms with van der Waals surface area (Å²) in [6, 6.07) is 18.8. The van der Waals surface area contributed by atoms with Crippen molar-refractivity contribution < 1.29 is 5.21 Å². The van der Waals surface area contributed by atoms with Crippen molar-refractivity contribution in [2.24, 2.45) is 0 Å². The van der Waals surface area contributed by atoms with Crippen molar-refractivity contribution in [2.75, 3.05) is 5.32 Å². The van der Waals surface area contributed by atoms with Crippen molar-refractivity contribution in [2.45, 2.75) is 5.75 Å². The largest absolute Gasteiger partial charge is 0.733 e. The fourth-order valence-corrected chi connectivity index (χ4v) is 3.32. The van der Waals surface area contributed by atoms with Crippen molar-refractivity contribution >= 4 is 52.3 Å². The average molecular weight is 417 g/mol. The molecule has 0 radical (unpaired) electrons. The van der Waals surface area contributed by atoms with Crippen molar-refractivity contribution in [1.29, 1.82) is 0 Å². The van der Waals surface area contributed by atoms with E-state index < -0.39 is 0 Å². The number of hydrogen-bond donors (Lipinski definition) is 2. The van der Waals surface area contributed by atoms with Gasteiger partial charge in [-0.05, 0) is 17.7 Å². The summed E-state index contributed by atoms with van der Waals surface area (Å²) in [7, 11) is 0. The summed E-state index contributed by atoms with van der Waals surface area (Å²) in [5.74, 6) is 0.539. The predicted octanol–water partition coefficient (Wildman–Crippen LogP) is 6.28. The second kappa shape index (κ2) is 9.97. The monoisotopic (exact) mass is 415 g/mol. The van der Waals surface area contributed by atoms with E-state index in [0.717, 1.165) is 5.56 Å². The highest BCUT2D eigenvalue weighted by Gasteiger charge is 2.16. The Balaban J connectivity index is 2.38. The van der Waals surface area contributed by atoms with E-state index in [4.69, 9.17) is 34.8 Å². The molecule has 2 aromatic carbocycles. The molecule has 0 saturated carbocycles. The number of nitrogens with one attached hydrogen (secondary N) is 1. The Labute approximate surface area is 165 Å². The first kappa shape index (κ1) is 20.0. The molecule has 0 bridgehead atoms. The van der Waals surface area contributed by atoms with Gasteiger partial charge >= 0.3 is 0 Å². The van der Waals surface area contributed by atoms with Gasteiger partial charge in [0.2, 0.25) is 0 Å². The van der Waals surface area contributed by atoms with Crippen LogP contribution in [0.1, 0.15) is 5.56 Å². The summed E-state index contributed by atoms with van der Waals surface area (Å²) in [4.78, 5) is 0. The van der Waals surface area contributed by atoms with Crippen molar-refractivity contribution in [1.82, 2.24) is 5.23 Å². The van der Waals surface area contributed by atoms with E-state index in [1.54, 1.807) is 0 Å². The van der Waals surface area contributed by atoms with Crippen LogP contribution in [0.3, 0.4) is 0 Å². The number of thioether (sulfide) groups is 1. The lowest BCUT2D eigenvalue weighted by Gasteiger charge is -2.28. The van der Waals surface area contributed by atoms with Crippen LogP contribution in [-0.2, 0) is 5.75 Å². The fraction of sp³-hybridized carbons (Fsp3) is 0.0588. The van der Waals surface area contributed by atoms with Crippen LogP contribution in [-0.4, -0.2) is 10.4 Å². The molecule has 0 fully saturated rings. The third kappa shape index (κ3) is 6.15. The molecule has 0 unspecified atom stereocenters. The van der Waals surface area contributed by atoms with Crippen LogP contribution in [0, 0.1) is 5.21 Å². The molecule has 2 aromatic rings. The van der Waals surface area contributed by atoms with Gasteiger partial charge in [0.25, 0.3) is 0 Å². The summed E-state index contributed by atoms with van der Waals surface area (Å²) >= 11 is 18.7. The SMILES string of the molecule is [O-]N(O)/C(C(Cl)=C(Cl)Cl)=C(\Nc1ccccc1)SCc1ccccc1. The Hall–Kier alpha value is -1.34. The van der Waals surface area contributed by atoms with Crippen LogP contribution >= 0.6 is 46.6 Å². The molecule has 0 aliphatic heterocycles. The topological polar surface area (TPSA) is 58.6 Å². The third-order valence-corrected chi connectivity index (χ3v) is 5.04. The molecule has 2 rings (SSSR count). The van der Waals surface area contributed by atoms with Crippen LogP contribution in [0.2, 0.25) is 0 Å². The van der Waals surface area contributed by atoms with Gasteiger partial charge < -0.3 is 15.8 Å². The maximum Gasteiger partial charge on any atom is 0.127 e. The first-order valence-electron chi connectivity index (χ1n) is 7.09. The molecular weight excluding hydrogens is 403 g/mol. The van der Waals surface area contributed by atoms with E-state index in [2.05, 4.69) is 5.32 Å². The molecule has 132 valence electrons. The minimum absolute atomic E-state index is 0.250. The van der Waals surface area contributed by atoms with Gasteiger partial charge in [0, 0.05) is 11.4 Å². The third-order valence-electron chi connectivity index (χ3n) is 3.04. The van der Waals surface area contributed by atoms with Gasteiger partial charge in [-0.25, -0.2) is 0 Å². The van der Waals surface area contributed by atoms with Gasteiger partial charge in [-0.3, -0.25) is 5.21 Å². The van der Waals surface area contributed by atoms with Crippen LogP contribution < -0.4 is 5.32 Å². The molecule has 0 spiro atoms. The predicted molar refractivity (Wildman–Crippen MR) is 106 cm³/mol. The normalized spacial score (nSPS) is 11.6. The number of benzene rings is 2. The summed E-state index contributed by atoms with van der Waals surface area (Å²) in [5, 5.41) is 24.0. The van der Waals surface area contributed by atoms with Gasteiger partial charge in [0.1, 0.15) is 10.2 Å². The average Bonchev–Trinajstić information content (AvgIpc) is 2.61. The number of halogens is 3. The fourth-order valence-electron chi connectivity index (χ4n) is 1.91. The number of allylic oxidation sites excluding steroid dienone is 1. The number of hydrogen-bond acceptors (Lipinski definition) is 5. The maximum atomic E-state index is 11.7. The molecule has 25 heavy (non-hydrogen) atoms. The van der Waals surface area contributed by atoms with Gasteiger partial charge in [-0.15, -0.1) is 11.8 Å². The molecule has 8 heteroatoms. The molecule has 0 aromatic heterocycles. The van der Waals surface area contributed by atoms with E-state index in [1.807, 2.05) is 60.7 Å². The zero-order valence-electron chi connectivity index (χ0n) is 12.8. The number of rotatable bonds is 7. The maximum absolute atomic E-state index is 11.7. The minimum Gasteiger partial charge on any atom is -0.733 e. The Morgan fingerprint density at radius 2 is 1.56 bits per heavy atom. The van der Waals surface area contributed by atoms with E-state index >= 15 is 0 Å². The van der Waals surface area contributed by atoms with Gasteiger partial charge in [-0.1, -0.05) is 83.3 Å². The molecule has 0 aliphatic rings. The molecule has 0 heterocycles. The quantitative estimate of drug-likeness (QED) is 0.411. The number of nitrogens with zero attached hydrogens (tertiary/aromatic N) is 1. The summed E-state index contributed by atoms with van der Waals surface area (Å²) in [6.45, 7) is 0. The highest BCUT2D eigenvalue weighted by molar-refractivity contribution is 8.02. The molecular formula is C17H14Cl3N2O2S-. The van der Waals surface area contributed by atoms with E-state index in [1.165, 1.54) is 11.8 Å². The highest BCUT2D eigenvalue weighted by Crippen LogP contribution is 2.34. The Morgan fingerprint density at radius 3 is 2.08 bits per heavy atom. The number of anilines is 1. The van der Waals surface area contributed by atoms with Gasteiger partial charge in [0.05, 0.1) is 10.1 Å². The zero-order chi connectivity index (χ0) is 18.2. The summed E-state index contributed by atoms with van der Waals surface area (Å²) in [6.07, 6.45) is 0. The lowest BCUT2D eigenvalue weighted by molar-refractivity contribution is 0.00000470. The Bertz CT molecular complexity index is 749. The van der Waals surface area contributed by atoms with E-state index in [-0.39, 0.29) is 20.4 Å². The lowest BCUT2D eigenvalue weighted by Crippen LogP contribution is -2.16. The van der Waals surface area contributed by atoms with Crippen LogP contribution in [0.4, 0.5) is 5.69 Å². The second-order valence-corrected chi connectivity index (χ2v) is 7.10. The Kier molecular flexibility index (Phi) is 7.96. The molecule has 0 atom stereocenters.